The summed E-state index contributed by atoms with van der Waals surface area (Å²) in [4.78, 5) is 13.3. The monoisotopic (exact) mass is 463 g/mol. The van der Waals surface area contributed by atoms with Crippen molar-refractivity contribution >= 4 is 14.2 Å². The van der Waals surface area contributed by atoms with Crippen molar-refractivity contribution in [3.05, 3.63) is 11.8 Å². The van der Waals surface area contributed by atoms with Crippen LogP contribution < -0.4 is 0 Å². The Kier molecular flexibility index (Phi) is 5.84. The maximum atomic E-state index is 12.3. The lowest BCUT2D eigenvalue weighted by atomic mass is 9.82. The molecule has 4 atom stereocenters. The number of alkyl halides is 3. The number of hydrogen-bond donors (Lipinski definition) is 1. The summed E-state index contributed by atoms with van der Waals surface area (Å²) in [5.74, 6) is 0.408. The summed E-state index contributed by atoms with van der Waals surface area (Å²) in [6.45, 7) is 7.16. The van der Waals surface area contributed by atoms with Gasteiger partial charge in [0, 0.05) is 20.5 Å². The van der Waals surface area contributed by atoms with Gasteiger partial charge in [0.1, 0.15) is 0 Å². The SMILES string of the molecule is C[Si](C)(C)CCN(C(=O)O)C1CC2OC1CC2c1nnc(C2CC(OC(F)(F)F)C2)o1. The molecular weight excluding hydrogens is 435 g/mol. The largest absolute Gasteiger partial charge is 0.522 e. The van der Waals surface area contributed by atoms with Gasteiger partial charge < -0.3 is 19.2 Å². The van der Waals surface area contributed by atoms with E-state index in [0.717, 1.165) is 6.04 Å². The van der Waals surface area contributed by atoms with Crippen molar-refractivity contribution in [2.75, 3.05) is 6.54 Å². The van der Waals surface area contributed by atoms with Crippen LogP contribution in [0, 0.1) is 0 Å². The van der Waals surface area contributed by atoms with E-state index in [1.165, 1.54) is 4.90 Å². The van der Waals surface area contributed by atoms with E-state index in [1.807, 2.05) is 0 Å². The van der Waals surface area contributed by atoms with Crippen molar-refractivity contribution in [3.8, 4) is 0 Å². The van der Waals surface area contributed by atoms with Gasteiger partial charge in [-0.05, 0) is 31.7 Å². The molecule has 1 aromatic heterocycles. The summed E-state index contributed by atoms with van der Waals surface area (Å²) in [5.41, 5.74) is 0. The third-order valence-electron chi connectivity index (χ3n) is 6.45. The average Bonchev–Trinajstić information content (AvgIpc) is 3.30. The lowest BCUT2D eigenvalue weighted by molar-refractivity contribution is -0.352. The fraction of sp³-hybridized carbons (Fsp3) is 0.842. The lowest BCUT2D eigenvalue weighted by Crippen LogP contribution is -2.47. The van der Waals surface area contributed by atoms with E-state index in [-0.39, 0.29) is 42.9 Å². The van der Waals surface area contributed by atoms with Gasteiger partial charge in [-0.25, -0.2) is 4.79 Å². The highest BCUT2D eigenvalue weighted by Crippen LogP contribution is 2.47. The molecule has 1 aliphatic carbocycles. The number of carbonyl (C=O) groups is 1. The average molecular weight is 464 g/mol. The van der Waals surface area contributed by atoms with Crippen molar-refractivity contribution in [3.63, 3.8) is 0 Å². The quantitative estimate of drug-likeness (QED) is 0.606. The van der Waals surface area contributed by atoms with E-state index in [1.54, 1.807) is 0 Å². The Bertz CT molecular complexity index is 808. The molecular formula is C19H28F3N3O5Si. The maximum absolute atomic E-state index is 12.3. The number of carboxylic acid groups (broad SMARTS) is 1. The van der Waals surface area contributed by atoms with Gasteiger partial charge in [-0.2, -0.15) is 0 Å². The maximum Gasteiger partial charge on any atom is 0.522 e. The first kappa shape index (κ1) is 22.5. The summed E-state index contributed by atoms with van der Waals surface area (Å²) < 4.78 is 52.6. The molecule has 3 heterocycles. The van der Waals surface area contributed by atoms with Crippen molar-refractivity contribution in [2.45, 2.75) is 93.9 Å². The molecule has 12 heteroatoms. The summed E-state index contributed by atoms with van der Waals surface area (Å²) >= 11 is 0. The molecule has 0 radical (unpaired) electrons. The number of rotatable bonds is 7. The molecule has 4 unspecified atom stereocenters. The minimum absolute atomic E-state index is 0.113. The molecule has 3 fully saturated rings. The van der Waals surface area contributed by atoms with Gasteiger partial charge in [0.25, 0.3) is 0 Å². The zero-order valence-corrected chi connectivity index (χ0v) is 18.8. The van der Waals surface area contributed by atoms with Gasteiger partial charge in [0.05, 0.1) is 30.3 Å². The number of nitrogens with zero attached hydrogens (tertiary/aromatic N) is 3. The van der Waals surface area contributed by atoms with Crippen LogP contribution in [0.2, 0.25) is 25.7 Å². The number of aromatic nitrogens is 2. The molecule has 2 bridgehead atoms. The van der Waals surface area contributed by atoms with Crippen LogP contribution in [-0.2, 0) is 9.47 Å². The third kappa shape index (κ3) is 5.06. The van der Waals surface area contributed by atoms with Gasteiger partial charge in [0.2, 0.25) is 11.8 Å². The molecule has 174 valence electrons. The fourth-order valence-corrected chi connectivity index (χ4v) is 5.61. The number of amides is 1. The fourth-order valence-electron chi connectivity index (χ4n) is 4.70. The molecule has 1 N–H and O–H groups in total. The highest BCUT2D eigenvalue weighted by molar-refractivity contribution is 6.76. The topological polar surface area (TPSA) is 97.9 Å². The van der Waals surface area contributed by atoms with Crippen LogP contribution in [0.1, 0.15) is 49.3 Å². The minimum Gasteiger partial charge on any atom is -0.465 e. The molecule has 8 nitrogen and oxygen atoms in total. The van der Waals surface area contributed by atoms with Crippen LogP contribution in [0.4, 0.5) is 18.0 Å². The first-order chi connectivity index (χ1) is 14.4. The Balaban J connectivity index is 1.33. The van der Waals surface area contributed by atoms with E-state index < -0.39 is 26.6 Å². The Morgan fingerprint density at radius 2 is 1.84 bits per heavy atom. The second kappa shape index (κ2) is 8.04. The van der Waals surface area contributed by atoms with Crippen molar-refractivity contribution in [2.24, 2.45) is 0 Å². The highest BCUT2D eigenvalue weighted by atomic mass is 28.3. The van der Waals surface area contributed by atoms with Crippen molar-refractivity contribution < 1.29 is 37.0 Å². The van der Waals surface area contributed by atoms with Crippen LogP contribution in [0.25, 0.3) is 0 Å². The Morgan fingerprint density at radius 3 is 2.39 bits per heavy atom. The molecule has 2 aliphatic heterocycles. The predicted molar refractivity (Wildman–Crippen MR) is 105 cm³/mol. The van der Waals surface area contributed by atoms with E-state index in [2.05, 4.69) is 34.6 Å². The number of fused-ring (bicyclic) bond motifs is 2. The molecule has 0 aromatic carbocycles. The second-order valence-electron chi connectivity index (χ2n) is 9.98. The minimum atomic E-state index is -4.63. The van der Waals surface area contributed by atoms with Crippen LogP contribution >= 0.6 is 0 Å². The number of hydrogen-bond acceptors (Lipinski definition) is 6. The second-order valence-corrected chi connectivity index (χ2v) is 15.6. The summed E-state index contributed by atoms with van der Waals surface area (Å²) in [6, 6.07) is 0.716. The summed E-state index contributed by atoms with van der Waals surface area (Å²) in [6.07, 6.45) is -5.26. The number of ether oxygens (including phenoxy) is 2. The van der Waals surface area contributed by atoms with Gasteiger partial charge in [-0.3, -0.25) is 4.74 Å². The van der Waals surface area contributed by atoms with E-state index in [4.69, 9.17) is 9.15 Å². The van der Waals surface area contributed by atoms with Crippen LogP contribution in [0.15, 0.2) is 4.42 Å². The lowest BCUT2D eigenvalue weighted by Gasteiger charge is -2.33. The smallest absolute Gasteiger partial charge is 0.465 e. The van der Waals surface area contributed by atoms with Crippen molar-refractivity contribution in [1.82, 2.24) is 15.1 Å². The summed E-state index contributed by atoms with van der Waals surface area (Å²) in [5, 5.41) is 17.8. The first-order valence-electron chi connectivity index (χ1n) is 10.6. The van der Waals surface area contributed by atoms with Crippen LogP contribution in [0.3, 0.4) is 0 Å². The molecule has 0 spiro atoms. The van der Waals surface area contributed by atoms with Gasteiger partial charge in [-0.15, -0.1) is 23.4 Å². The first-order valence-corrected chi connectivity index (χ1v) is 14.3. The van der Waals surface area contributed by atoms with Gasteiger partial charge in [-0.1, -0.05) is 19.6 Å². The number of halogens is 3. The van der Waals surface area contributed by atoms with E-state index >= 15 is 0 Å². The van der Waals surface area contributed by atoms with Crippen LogP contribution in [-0.4, -0.2) is 71.6 Å². The Hall–Kier alpha value is -1.66. The highest BCUT2D eigenvalue weighted by Gasteiger charge is 2.53. The standard InChI is InChI=1S/C19H28F3N3O5Si/c1-31(2,3)5-4-25(18(26)27)13-9-14-12(8-15(13)28-14)17-24-23-16(29-17)10-6-11(7-10)30-19(20,21)22/h10-15H,4-9H2,1-3H3,(H,26,27). The molecule has 31 heavy (non-hydrogen) atoms. The predicted octanol–water partition coefficient (Wildman–Crippen LogP) is 4.18. The molecule has 3 aliphatic rings. The zero-order chi connectivity index (χ0) is 22.6. The molecule has 1 aromatic rings. The van der Waals surface area contributed by atoms with Gasteiger partial charge in [0.15, 0.2) is 0 Å². The molecule has 1 saturated carbocycles. The zero-order valence-electron chi connectivity index (χ0n) is 17.8. The Morgan fingerprint density at radius 1 is 1.16 bits per heavy atom. The van der Waals surface area contributed by atoms with E-state index in [9.17, 15) is 23.1 Å². The molecule has 4 rings (SSSR count). The van der Waals surface area contributed by atoms with Crippen LogP contribution in [0.5, 0.6) is 0 Å². The van der Waals surface area contributed by atoms with Crippen molar-refractivity contribution in [1.29, 1.82) is 0 Å². The third-order valence-corrected chi connectivity index (χ3v) is 8.18. The summed E-state index contributed by atoms with van der Waals surface area (Å²) in [7, 11) is -1.38. The molecule has 1 amide bonds. The molecule has 2 saturated heterocycles. The Labute approximate surface area is 179 Å². The van der Waals surface area contributed by atoms with Gasteiger partial charge >= 0.3 is 12.5 Å². The van der Waals surface area contributed by atoms with E-state index in [0.29, 0.717) is 31.2 Å². The normalized spacial score (nSPS) is 32.8.